The molecule has 1 aliphatic heterocycles. The van der Waals surface area contributed by atoms with Gasteiger partial charge in [-0.15, -0.1) is 0 Å². The maximum absolute atomic E-state index is 11.9. The monoisotopic (exact) mass is 344 g/mol. The van der Waals surface area contributed by atoms with Gasteiger partial charge in [-0.05, 0) is 50.3 Å². The van der Waals surface area contributed by atoms with Crippen molar-refractivity contribution in [2.24, 2.45) is 0 Å². The zero-order valence-corrected chi connectivity index (χ0v) is 15.5. The average Bonchev–Trinajstić information content (AvgIpc) is 3.15. The lowest BCUT2D eigenvalue weighted by molar-refractivity contribution is -0.127. The van der Waals surface area contributed by atoms with Gasteiger partial charge in [0.25, 0.3) is 0 Å². The van der Waals surface area contributed by atoms with Crippen LogP contribution in [0, 0.1) is 0 Å². The molecule has 1 unspecified atom stereocenters. The molecule has 1 aromatic carbocycles. The largest absolute Gasteiger partial charge is 0.368 e. The van der Waals surface area contributed by atoms with Gasteiger partial charge < -0.3 is 10.1 Å². The van der Waals surface area contributed by atoms with E-state index in [9.17, 15) is 4.79 Å². The van der Waals surface area contributed by atoms with Gasteiger partial charge in [0.2, 0.25) is 5.91 Å². The molecule has 4 nitrogen and oxygen atoms in total. The summed E-state index contributed by atoms with van der Waals surface area (Å²) in [6.07, 6.45) is 8.95. The highest BCUT2D eigenvalue weighted by molar-refractivity contribution is 5.77. The van der Waals surface area contributed by atoms with E-state index in [0.717, 1.165) is 24.9 Å². The van der Waals surface area contributed by atoms with E-state index in [1.807, 2.05) is 0 Å². The molecule has 1 saturated carbocycles. The van der Waals surface area contributed by atoms with Gasteiger partial charge in [0.1, 0.15) is 6.61 Å². The number of hydrogen-bond acceptors (Lipinski definition) is 3. The molecule has 0 radical (unpaired) electrons. The zero-order valence-electron chi connectivity index (χ0n) is 15.5. The van der Waals surface area contributed by atoms with Crippen LogP contribution in [-0.4, -0.2) is 36.1 Å². The van der Waals surface area contributed by atoms with Gasteiger partial charge in [-0.2, -0.15) is 0 Å². The molecular formula is C21H32N2O2. The fourth-order valence-corrected chi connectivity index (χ4v) is 3.89. The molecule has 2 fully saturated rings. The van der Waals surface area contributed by atoms with Crippen molar-refractivity contribution in [3.8, 4) is 0 Å². The van der Waals surface area contributed by atoms with E-state index in [1.165, 1.54) is 44.2 Å². The average molecular weight is 344 g/mol. The number of nitrogens with zero attached hydrogens (tertiary/aromatic N) is 1. The first-order valence-electron chi connectivity index (χ1n) is 9.91. The lowest BCUT2D eigenvalue weighted by Gasteiger charge is -2.33. The first-order valence-corrected chi connectivity index (χ1v) is 9.91. The summed E-state index contributed by atoms with van der Waals surface area (Å²) in [6.45, 7) is 5.34. The quantitative estimate of drug-likeness (QED) is 0.821. The van der Waals surface area contributed by atoms with Crippen molar-refractivity contribution in [3.63, 3.8) is 0 Å². The second-order valence-electron chi connectivity index (χ2n) is 7.63. The third kappa shape index (κ3) is 5.82. The van der Waals surface area contributed by atoms with E-state index < -0.39 is 0 Å². The molecule has 138 valence electrons. The smallest absolute Gasteiger partial charge is 0.246 e. The number of hydrogen-bond donors (Lipinski definition) is 1. The van der Waals surface area contributed by atoms with Crippen LogP contribution in [0.2, 0.25) is 0 Å². The molecule has 1 amide bonds. The maximum Gasteiger partial charge on any atom is 0.246 e. The second kappa shape index (κ2) is 9.35. The fourth-order valence-electron chi connectivity index (χ4n) is 3.89. The van der Waals surface area contributed by atoms with Crippen LogP contribution < -0.4 is 5.32 Å². The van der Waals surface area contributed by atoms with E-state index in [-0.39, 0.29) is 12.5 Å². The molecule has 1 heterocycles. The van der Waals surface area contributed by atoms with Crippen molar-refractivity contribution in [3.05, 3.63) is 35.4 Å². The van der Waals surface area contributed by atoms with Gasteiger partial charge in [0.05, 0.1) is 6.10 Å². The molecular weight excluding hydrogens is 312 g/mol. The number of benzene rings is 1. The Labute approximate surface area is 151 Å². The molecule has 1 atom stereocenters. The van der Waals surface area contributed by atoms with Crippen LogP contribution >= 0.6 is 0 Å². The van der Waals surface area contributed by atoms with Crippen LogP contribution in [0.4, 0.5) is 0 Å². The van der Waals surface area contributed by atoms with Crippen LogP contribution in [0.3, 0.4) is 0 Å². The number of carbonyl (C=O) groups is 1. The Hall–Kier alpha value is -1.39. The molecule has 1 aliphatic carbocycles. The Bertz CT molecular complexity index is 537. The second-order valence-corrected chi connectivity index (χ2v) is 7.63. The number of likely N-dealkylation sites (tertiary alicyclic amines) is 1. The van der Waals surface area contributed by atoms with E-state index in [4.69, 9.17) is 4.74 Å². The minimum atomic E-state index is -0.0156. The van der Waals surface area contributed by atoms with Gasteiger partial charge in [-0.1, -0.05) is 43.5 Å². The first-order chi connectivity index (χ1) is 12.2. The highest BCUT2D eigenvalue weighted by atomic mass is 16.5. The minimum absolute atomic E-state index is 0.0156. The van der Waals surface area contributed by atoms with Gasteiger partial charge in [-0.3, -0.25) is 9.69 Å². The van der Waals surface area contributed by atoms with Crippen molar-refractivity contribution in [2.75, 3.05) is 13.2 Å². The van der Waals surface area contributed by atoms with Gasteiger partial charge in [0, 0.05) is 19.1 Å². The van der Waals surface area contributed by atoms with Gasteiger partial charge >= 0.3 is 0 Å². The van der Waals surface area contributed by atoms with E-state index >= 15 is 0 Å². The highest BCUT2D eigenvalue weighted by Crippen LogP contribution is 2.21. The molecule has 1 saturated heterocycles. The summed E-state index contributed by atoms with van der Waals surface area (Å²) in [4.78, 5) is 14.5. The fraction of sp³-hybridized carbons (Fsp3) is 0.667. The number of rotatable bonds is 7. The summed E-state index contributed by atoms with van der Waals surface area (Å²) in [5, 5.41) is 2.96. The zero-order chi connectivity index (χ0) is 17.5. The molecule has 1 aromatic rings. The molecule has 0 spiro atoms. The summed E-state index contributed by atoms with van der Waals surface area (Å²) in [5.41, 5.74) is 2.50. The normalized spacial score (nSPS) is 22.2. The summed E-state index contributed by atoms with van der Waals surface area (Å²) in [6, 6.07) is 9.33. The third-order valence-electron chi connectivity index (χ3n) is 5.59. The molecule has 0 aromatic heterocycles. The van der Waals surface area contributed by atoms with Crippen LogP contribution in [0.1, 0.15) is 63.0 Å². The summed E-state index contributed by atoms with van der Waals surface area (Å²) < 4.78 is 5.65. The molecule has 4 heteroatoms. The molecule has 2 aliphatic rings. The van der Waals surface area contributed by atoms with Crippen LogP contribution in [0.5, 0.6) is 0 Å². The molecule has 1 N–H and O–H groups in total. The topological polar surface area (TPSA) is 41.6 Å². The van der Waals surface area contributed by atoms with Crippen molar-refractivity contribution >= 4 is 5.91 Å². The molecule has 25 heavy (non-hydrogen) atoms. The Morgan fingerprint density at radius 1 is 1.08 bits per heavy atom. The van der Waals surface area contributed by atoms with Gasteiger partial charge in [0.15, 0.2) is 0 Å². The standard InChI is InChI=1S/C21H32N2O2/c1-17-6-4-5-13-23(17)15-19-11-9-18(10-12-19)14-22-21(24)16-25-20-7-2-3-8-20/h9-12,17,20H,2-8,13-16H2,1H3,(H,22,24). The highest BCUT2D eigenvalue weighted by Gasteiger charge is 2.18. The Kier molecular flexibility index (Phi) is 6.88. The first kappa shape index (κ1) is 18.4. The van der Waals surface area contributed by atoms with Crippen LogP contribution in [0.15, 0.2) is 24.3 Å². The van der Waals surface area contributed by atoms with Crippen molar-refractivity contribution in [1.82, 2.24) is 10.2 Å². The number of ether oxygens (including phenoxy) is 1. The van der Waals surface area contributed by atoms with Crippen molar-refractivity contribution in [2.45, 2.75) is 77.1 Å². The lowest BCUT2D eigenvalue weighted by Crippen LogP contribution is -2.36. The predicted molar refractivity (Wildman–Crippen MR) is 100 cm³/mol. The Morgan fingerprint density at radius 3 is 2.48 bits per heavy atom. The lowest BCUT2D eigenvalue weighted by atomic mass is 10.0. The van der Waals surface area contributed by atoms with Crippen LogP contribution in [-0.2, 0) is 22.6 Å². The Balaban J connectivity index is 1.38. The van der Waals surface area contributed by atoms with Crippen molar-refractivity contribution < 1.29 is 9.53 Å². The van der Waals surface area contributed by atoms with Gasteiger partial charge in [-0.25, -0.2) is 0 Å². The number of carbonyl (C=O) groups excluding carboxylic acids is 1. The van der Waals surface area contributed by atoms with E-state index in [1.54, 1.807) is 0 Å². The molecule has 0 bridgehead atoms. The Morgan fingerprint density at radius 2 is 1.76 bits per heavy atom. The summed E-state index contributed by atoms with van der Waals surface area (Å²) in [7, 11) is 0. The predicted octanol–water partition coefficient (Wildman–Crippen LogP) is 3.64. The number of nitrogens with one attached hydrogen (secondary N) is 1. The maximum atomic E-state index is 11.9. The number of amides is 1. The third-order valence-corrected chi connectivity index (χ3v) is 5.59. The number of piperidine rings is 1. The van der Waals surface area contributed by atoms with Crippen molar-refractivity contribution in [1.29, 1.82) is 0 Å². The molecule has 3 rings (SSSR count). The summed E-state index contributed by atoms with van der Waals surface area (Å²) >= 11 is 0. The van der Waals surface area contributed by atoms with E-state index in [2.05, 4.69) is 41.4 Å². The minimum Gasteiger partial charge on any atom is -0.368 e. The van der Waals surface area contributed by atoms with Crippen LogP contribution in [0.25, 0.3) is 0 Å². The SMILES string of the molecule is CC1CCCCN1Cc1ccc(CNC(=O)COC2CCCC2)cc1. The summed E-state index contributed by atoms with van der Waals surface area (Å²) in [5.74, 6) is -0.0156. The van der Waals surface area contributed by atoms with E-state index in [0.29, 0.717) is 18.7 Å².